The lowest BCUT2D eigenvalue weighted by molar-refractivity contribution is -0.140. The third-order valence-electron chi connectivity index (χ3n) is 5.29. The highest BCUT2D eigenvalue weighted by Gasteiger charge is 2.16. The van der Waals surface area contributed by atoms with Crippen LogP contribution in [-0.4, -0.2) is 35.4 Å². The summed E-state index contributed by atoms with van der Waals surface area (Å²) in [4.78, 5) is 20.1. The molecule has 0 amide bonds. The van der Waals surface area contributed by atoms with Gasteiger partial charge in [0.25, 0.3) is 0 Å². The summed E-state index contributed by atoms with van der Waals surface area (Å²) in [7, 11) is 0. The number of hydrogen-bond acceptors (Lipinski definition) is 5. The average Bonchev–Trinajstić information content (AvgIpc) is 3.29. The third-order valence-corrected chi connectivity index (χ3v) is 5.29. The van der Waals surface area contributed by atoms with Crippen LogP contribution in [0.1, 0.15) is 45.1 Å². The fourth-order valence-corrected chi connectivity index (χ4v) is 3.68. The van der Waals surface area contributed by atoms with Crippen LogP contribution in [0.15, 0.2) is 30.9 Å². The SMILES string of the molecule is CC(C(=O)O)n1cc(Nc2ncc3ccn(CC4CCCCC4)c3n2)cn1. The topological polar surface area (TPSA) is 97.9 Å². The van der Waals surface area contributed by atoms with E-state index >= 15 is 0 Å². The summed E-state index contributed by atoms with van der Waals surface area (Å²) in [6.45, 7) is 2.58. The molecule has 8 heteroatoms. The van der Waals surface area contributed by atoms with Crippen molar-refractivity contribution in [3.63, 3.8) is 0 Å². The van der Waals surface area contributed by atoms with Gasteiger partial charge in [0.05, 0.1) is 11.9 Å². The molecular weight excluding hydrogens is 344 g/mol. The molecule has 2 N–H and O–H groups in total. The molecule has 3 heterocycles. The standard InChI is InChI=1S/C19H24N6O2/c1-13(18(26)27)25-12-16(10-21-25)22-19-20-9-15-7-8-24(17(15)23-19)11-14-5-3-2-4-6-14/h7-10,12-14H,2-6,11H2,1H3,(H,26,27)(H,20,22,23). The first-order valence-corrected chi connectivity index (χ1v) is 9.46. The maximum atomic E-state index is 11.1. The van der Waals surface area contributed by atoms with Gasteiger partial charge in [-0.1, -0.05) is 19.3 Å². The fourth-order valence-electron chi connectivity index (χ4n) is 3.68. The Morgan fingerprint density at radius 1 is 1.33 bits per heavy atom. The Bertz CT molecular complexity index is 941. The maximum Gasteiger partial charge on any atom is 0.328 e. The molecule has 0 aliphatic heterocycles. The number of aromatic nitrogens is 5. The van der Waals surface area contributed by atoms with Gasteiger partial charge in [0, 0.05) is 30.5 Å². The summed E-state index contributed by atoms with van der Waals surface area (Å²) in [6.07, 6.45) is 13.7. The largest absolute Gasteiger partial charge is 0.480 e. The number of nitrogens with zero attached hydrogens (tertiary/aromatic N) is 5. The van der Waals surface area contributed by atoms with Crippen LogP contribution in [0.4, 0.5) is 11.6 Å². The monoisotopic (exact) mass is 368 g/mol. The molecule has 0 bridgehead atoms. The van der Waals surface area contributed by atoms with Crippen molar-refractivity contribution in [3.05, 3.63) is 30.9 Å². The van der Waals surface area contributed by atoms with Gasteiger partial charge in [-0.2, -0.15) is 10.1 Å². The summed E-state index contributed by atoms with van der Waals surface area (Å²) >= 11 is 0. The molecule has 142 valence electrons. The van der Waals surface area contributed by atoms with Gasteiger partial charge in [-0.25, -0.2) is 9.78 Å². The Labute approximate surface area is 157 Å². The molecule has 1 aliphatic carbocycles. The maximum absolute atomic E-state index is 11.1. The van der Waals surface area contributed by atoms with E-state index in [1.807, 2.05) is 6.20 Å². The Morgan fingerprint density at radius 3 is 2.93 bits per heavy atom. The van der Waals surface area contributed by atoms with Gasteiger partial charge in [-0.3, -0.25) is 4.68 Å². The summed E-state index contributed by atoms with van der Waals surface area (Å²) < 4.78 is 3.61. The number of carbonyl (C=O) groups is 1. The Morgan fingerprint density at radius 2 is 2.15 bits per heavy atom. The minimum Gasteiger partial charge on any atom is -0.480 e. The Balaban J connectivity index is 1.52. The summed E-state index contributed by atoms with van der Waals surface area (Å²) in [5.41, 5.74) is 1.58. The minimum atomic E-state index is -0.928. The van der Waals surface area contributed by atoms with Crippen molar-refractivity contribution in [2.45, 2.75) is 51.6 Å². The lowest BCUT2D eigenvalue weighted by Crippen LogP contribution is -2.15. The fraction of sp³-hybridized carbons (Fsp3) is 0.474. The van der Waals surface area contributed by atoms with E-state index in [2.05, 4.69) is 37.2 Å². The number of anilines is 2. The van der Waals surface area contributed by atoms with E-state index in [0.29, 0.717) is 11.6 Å². The van der Waals surface area contributed by atoms with E-state index < -0.39 is 12.0 Å². The summed E-state index contributed by atoms with van der Waals surface area (Å²) in [5, 5.41) is 17.3. The number of hydrogen-bond donors (Lipinski definition) is 2. The van der Waals surface area contributed by atoms with Crippen LogP contribution in [-0.2, 0) is 11.3 Å². The lowest BCUT2D eigenvalue weighted by Gasteiger charge is -2.22. The van der Waals surface area contributed by atoms with Crippen molar-refractivity contribution in [3.8, 4) is 0 Å². The van der Waals surface area contributed by atoms with Gasteiger partial charge in [0.1, 0.15) is 11.7 Å². The molecule has 0 saturated heterocycles. The molecule has 0 aromatic carbocycles. The zero-order valence-electron chi connectivity index (χ0n) is 15.4. The summed E-state index contributed by atoms with van der Waals surface area (Å²) in [5.74, 6) is 0.271. The molecule has 0 radical (unpaired) electrons. The summed E-state index contributed by atoms with van der Waals surface area (Å²) in [6, 6.07) is 1.32. The van der Waals surface area contributed by atoms with Gasteiger partial charge in [-0.05, 0) is 31.7 Å². The van der Waals surface area contributed by atoms with Gasteiger partial charge in [-0.15, -0.1) is 0 Å². The van der Waals surface area contributed by atoms with Crippen molar-refractivity contribution in [1.82, 2.24) is 24.3 Å². The second-order valence-electron chi connectivity index (χ2n) is 7.29. The number of nitrogens with one attached hydrogen (secondary N) is 1. The van der Waals surface area contributed by atoms with Crippen molar-refractivity contribution in [2.75, 3.05) is 5.32 Å². The Hall–Kier alpha value is -2.90. The molecule has 1 fully saturated rings. The molecule has 1 unspecified atom stereocenters. The first kappa shape index (κ1) is 17.5. The lowest BCUT2D eigenvalue weighted by atomic mass is 9.89. The highest BCUT2D eigenvalue weighted by atomic mass is 16.4. The van der Waals surface area contributed by atoms with E-state index in [-0.39, 0.29) is 0 Å². The zero-order valence-corrected chi connectivity index (χ0v) is 15.4. The molecule has 0 spiro atoms. The van der Waals surface area contributed by atoms with Gasteiger partial charge >= 0.3 is 5.97 Å². The van der Waals surface area contributed by atoms with E-state index in [0.717, 1.165) is 23.5 Å². The van der Waals surface area contributed by atoms with Gasteiger partial charge in [0.2, 0.25) is 5.95 Å². The quantitative estimate of drug-likeness (QED) is 0.690. The molecular formula is C19H24N6O2. The highest BCUT2D eigenvalue weighted by Crippen LogP contribution is 2.27. The van der Waals surface area contributed by atoms with Crippen LogP contribution in [0.3, 0.4) is 0 Å². The first-order chi connectivity index (χ1) is 13.1. The molecule has 1 aliphatic rings. The smallest absolute Gasteiger partial charge is 0.328 e. The van der Waals surface area contributed by atoms with E-state index in [1.165, 1.54) is 36.8 Å². The molecule has 1 atom stereocenters. The molecule has 3 aromatic heterocycles. The number of carboxylic acid groups (broad SMARTS) is 1. The predicted molar refractivity (Wildman–Crippen MR) is 102 cm³/mol. The van der Waals surface area contributed by atoms with E-state index in [4.69, 9.17) is 5.11 Å². The van der Waals surface area contributed by atoms with Crippen LogP contribution in [0.25, 0.3) is 11.0 Å². The van der Waals surface area contributed by atoms with Crippen molar-refractivity contribution < 1.29 is 9.90 Å². The van der Waals surface area contributed by atoms with Gasteiger partial charge in [0.15, 0.2) is 0 Å². The minimum absolute atomic E-state index is 0.480. The average molecular weight is 368 g/mol. The second-order valence-corrected chi connectivity index (χ2v) is 7.29. The predicted octanol–water partition coefficient (Wildman–Crippen LogP) is 3.60. The third kappa shape index (κ3) is 3.79. The van der Waals surface area contributed by atoms with Crippen molar-refractivity contribution in [2.24, 2.45) is 5.92 Å². The number of aliphatic carboxylic acids is 1. The second kappa shape index (κ2) is 7.38. The Kier molecular flexibility index (Phi) is 4.79. The van der Waals surface area contributed by atoms with E-state index in [1.54, 1.807) is 19.3 Å². The normalized spacial score (nSPS) is 16.5. The number of rotatable bonds is 6. The van der Waals surface area contributed by atoms with Crippen LogP contribution in [0.2, 0.25) is 0 Å². The first-order valence-electron chi connectivity index (χ1n) is 9.46. The van der Waals surface area contributed by atoms with Crippen LogP contribution in [0, 0.1) is 5.92 Å². The molecule has 4 rings (SSSR count). The van der Waals surface area contributed by atoms with Crippen molar-refractivity contribution in [1.29, 1.82) is 0 Å². The number of fused-ring (bicyclic) bond motifs is 1. The molecule has 1 saturated carbocycles. The van der Waals surface area contributed by atoms with Crippen LogP contribution >= 0.6 is 0 Å². The van der Waals surface area contributed by atoms with Gasteiger partial charge < -0.3 is 15.0 Å². The van der Waals surface area contributed by atoms with Crippen LogP contribution < -0.4 is 5.32 Å². The zero-order chi connectivity index (χ0) is 18.8. The highest BCUT2D eigenvalue weighted by molar-refractivity contribution is 5.76. The van der Waals surface area contributed by atoms with Crippen molar-refractivity contribution >= 4 is 28.6 Å². The molecule has 8 nitrogen and oxygen atoms in total. The van der Waals surface area contributed by atoms with E-state index in [9.17, 15) is 4.79 Å². The molecule has 27 heavy (non-hydrogen) atoms. The molecule has 3 aromatic rings. The number of carboxylic acids is 1. The van der Waals surface area contributed by atoms with Crippen LogP contribution in [0.5, 0.6) is 0 Å².